The van der Waals surface area contributed by atoms with Crippen LogP contribution < -0.4 is 15.5 Å². The molecule has 0 saturated carbocycles. The van der Waals surface area contributed by atoms with Gasteiger partial charge in [0.05, 0.1) is 18.3 Å². The van der Waals surface area contributed by atoms with Crippen LogP contribution in [0.4, 0.5) is 0 Å². The van der Waals surface area contributed by atoms with Gasteiger partial charge in [-0.1, -0.05) is 33.6 Å². The minimum absolute atomic E-state index is 0.242. The molecule has 0 fully saturated rings. The van der Waals surface area contributed by atoms with Crippen LogP contribution in [0, 0.1) is 0 Å². The van der Waals surface area contributed by atoms with E-state index in [9.17, 15) is 14.4 Å². The van der Waals surface area contributed by atoms with Gasteiger partial charge in [-0.15, -0.1) is 0 Å². The van der Waals surface area contributed by atoms with Gasteiger partial charge >= 0.3 is 5.97 Å². The number of carbonyl (C=O) groups excluding carboxylic acids is 3. The van der Waals surface area contributed by atoms with Crippen molar-refractivity contribution in [1.29, 1.82) is 0 Å². The van der Waals surface area contributed by atoms with Crippen LogP contribution in [0.15, 0.2) is 82.4 Å². The molecule has 32 heavy (non-hydrogen) atoms. The molecule has 3 aromatic carbocycles. The molecule has 0 aliphatic rings. The van der Waals surface area contributed by atoms with Crippen molar-refractivity contribution < 1.29 is 19.1 Å². The highest BCUT2D eigenvalue weighted by Gasteiger charge is 2.09. The molecule has 0 aromatic heterocycles. The standard InChI is InChI=1S/C23H17BrClN3O4/c24-18-8-6-16(7-9-18)23(31)32-20-10-4-15(5-11-20)13-27-28-21(29)14-26-22(30)17-2-1-3-19(25)12-17/h1-13H,14H2,(H,26,30)(H,28,29)/b27-13-. The highest BCUT2D eigenvalue weighted by atomic mass is 79.9. The first-order valence-electron chi connectivity index (χ1n) is 9.34. The maximum absolute atomic E-state index is 12.1. The van der Waals surface area contributed by atoms with Gasteiger partial charge < -0.3 is 10.1 Å². The maximum atomic E-state index is 12.1. The highest BCUT2D eigenvalue weighted by Crippen LogP contribution is 2.15. The zero-order chi connectivity index (χ0) is 22.9. The number of halogens is 2. The molecule has 0 spiro atoms. The minimum Gasteiger partial charge on any atom is -0.423 e. The molecule has 0 bridgehead atoms. The molecule has 2 N–H and O–H groups in total. The number of hydrogen-bond donors (Lipinski definition) is 2. The molecule has 0 aliphatic heterocycles. The summed E-state index contributed by atoms with van der Waals surface area (Å²) < 4.78 is 6.19. The van der Waals surface area contributed by atoms with Gasteiger partial charge in [0.25, 0.3) is 11.8 Å². The lowest BCUT2D eigenvalue weighted by molar-refractivity contribution is -0.120. The lowest BCUT2D eigenvalue weighted by Crippen LogP contribution is -2.34. The normalized spacial score (nSPS) is 10.6. The van der Waals surface area contributed by atoms with E-state index in [0.29, 0.717) is 27.5 Å². The van der Waals surface area contributed by atoms with E-state index in [2.05, 4.69) is 31.8 Å². The number of benzene rings is 3. The molecule has 9 heteroatoms. The quantitative estimate of drug-likeness (QED) is 0.214. The summed E-state index contributed by atoms with van der Waals surface area (Å²) in [4.78, 5) is 36.0. The smallest absolute Gasteiger partial charge is 0.343 e. The number of amides is 2. The number of esters is 1. The molecule has 0 aliphatic carbocycles. The van der Waals surface area contributed by atoms with Crippen LogP contribution in [0.1, 0.15) is 26.3 Å². The summed E-state index contributed by atoms with van der Waals surface area (Å²) in [6.45, 7) is -0.242. The Morgan fingerprint density at radius 3 is 2.38 bits per heavy atom. The minimum atomic E-state index is -0.489. The van der Waals surface area contributed by atoms with Crippen LogP contribution in [0.2, 0.25) is 5.02 Å². The van der Waals surface area contributed by atoms with Crippen molar-refractivity contribution in [3.05, 3.63) is 99.0 Å². The molecule has 2 amide bonds. The Hall–Kier alpha value is -3.49. The van der Waals surface area contributed by atoms with Crippen molar-refractivity contribution in [2.24, 2.45) is 5.10 Å². The number of carbonyl (C=O) groups is 3. The second-order valence-electron chi connectivity index (χ2n) is 6.45. The first-order chi connectivity index (χ1) is 15.4. The van der Waals surface area contributed by atoms with Crippen LogP contribution in [-0.4, -0.2) is 30.5 Å². The number of nitrogens with one attached hydrogen (secondary N) is 2. The van der Waals surface area contributed by atoms with Crippen molar-refractivity contribution in [2.75, 3.05) is 6.54 Å². The van der Waals surface area contributed by atoms with Gasteiger partial charge in [-0.25, -0.2) is 10.2 Å². The number of nitrogens with zero attached hydrogens (tertiary/aromatic N) is 1. The molecule has 0 heterocycles. The van der Waals surface area contributed by atoms with E-state index in [1.54, 1.807) is 66.7 Å². The van der Waals surface area contributed by atoms with Crippen molar-refractivity contribution in [3.63, 3.8) is 0 Å². The van der Waals surface area contributed by atoms with E-state index in [-0.39, 0.29) is 6.54 Å². The van der Waals surface area contributed by atoms with Gasteiger partial charge in [0.2, 0.25) is 0 Å². The highest BCUT2D eigenvalue weighted by molar-refractivity contribution is 9.10. The second kappa shape index (κ2) is 11.2. The third kappa shape index (κ3) is 7.04. The number of hydrazone groups is 1. The first kappa shape index (κ1) is 23.2. The van der Waals surface area contributed by atoms with Crippen LogP contribution >= 0.6 is 27.5 Å². The summed E-state index contributed by atoms with van der Waals surface area (Å²) in [7, 11) is 0. The van der Waals surface area contributed by atoms with Crippen molar-refractivity contribution in [1.82, 2.24) is 10.7 Å². The molecule has 0 saturated heterocycles. The third-order valence-electron chi connectivity index (χ3n) is 4.07. The molecule has 3 aromatic rings. The fourth-order valence-electron chi connectivity index (χ4n) is 2.48. The first-order valence-corrected chi connectivity index (χ1v) is 10.5. The SMILES string of the molecule is O=C(CNC(=O)c1cccc(Cl)c1)N/N=C\c1ccc(OC(=O)c2ccc(Br)cc2)cc1. The molecular weight excluding hydrogens is 498 g/mol. The maximum Gasteiger partial charge on any atom is 0.343 e. The lowest BCUT2D eigenvalue weighted by Gasteiger charge is -2.05. The van der Waals surface area contributed by atoms with Crippen LogP contribution in [-0.2, 0) is 4.79 Å². The third-order valence-corrected chi connectivity index (χ3v) is 4.83. The fourth-order valence-corrected chi connectivity index (χ4v) is 2.94. The summed E-state index contributed by atoms with van der Waals surface area (Å²) in [5.74, 6) is -0.995. The summed E-state index contributed by atoms with van der Waals surface area (Å²) in [5, 5.41) is 6.76. The number of rotatable bonds is 7. The van der Waals surface area contributed by atoms with E-state index in [1.807, 2.05) is 0 Å². The van der Waals surface area contributed by atoms with Crippen LogP contribution in [0.5, 0.6) is 5.75 Å². The van der Waals surface area contributed by atoms with Crippen LogP contribution in [0.3, 0.4) is 0 Å². The van der Waals surface area contributed by atoms with Gasteiger partial charge in [0.15, 0.2) is 0 Å². The van der Waals surface area contributed by atoms with E-state index in [4.69, 9.17) is 16.3 Å². The fraction of sp³-hybridized carbons (Fsp3) is 0.0435. The Balaban J connectivity index is 1.45. The van der Waals surface area contributed by atoms with E-state index >= 15 is 0 Å². The summed E-state index contributed by atoms with van der Waals surface area (Å²) in [6, 6.07) is 19.8. The van der Waals surface area contributed by atoms with Gasteiger partial charge in [0.1, 0.15) is 5.75 Å². The van der Waals surface area contributed by atoms with Gasteiger partial charge in [0, 0.05) is 15.1 Å². The zero-order valence-corrected chi connectivity index (χ0v) is 18.9. The van der Waals surface area contributed by atoms with E-state index in [1.165, 1.54) is 12.3 Å². The Labute approximate surface area is 197 Å². The van der Waals surface area contributed by atoms with Crippen molar-refractivity contribution >= 4 is 51.5 Å². The van der Waals surface area contributed by atoms with E-state index < -0.39 is 17.8 Å². The largest absolute Gasteiger partial charge is 0.423 e. The van der Waals surface area contributed by atoms with Gasteiger partial charge in [-0.05, 0) is 72.3 Å². The average Bonchev–Trinajstić information content (AvgIpc) is 2.79. The van der Waals surface area contributed by atoms with Crippen LogP contribution in [0.25, 0.3) is 0 Å². The molecule has 7 nitrogen and oxygen atoms in total. The molecular formula is C23H17BrClN3O4. The Morgan fingerprint density at radius 1 is 0.969 bits per heavy atom. The van der Waals surface area contributed by atoms with E-state index in [0.717, 1.165) is 4.47 Å². The monoisotopic (exact) mass is 513 g/mol. The van der Waals surface area contributed by atoms with Crippen molar-refractivity contribution in [3.8, 4) is 5.75 Å². The Morgan fingerprint density at radius 2 is 1.69 bits per heavy atom. The predicted octanol–water partition coefficient (Wildman–Crippen LogP) is 4.20. The average molecular weight is 515 g/mol. The van der Waals surface area contributed by atoms with Gasteiger partial charge in [-0.2, -0.15) is 5.10 Å². The Bertz CT molecular complexity index is 1150. The number of ether oxygens (including phenoxy) is 1. The summed E-state index contributed by atoms with van der Waals surface area (Å²) >= 11 is 9.15. The molecule has 0 radical (unpaired) electrons. The number of hydrogen-bond acceptors (Lipinski definition) is 5. The molecule has 0 unspecified atom stereocenters. The van der Waals surface area contributed by atoms with Gasteiger partial charge in [-0.3, -0.25) is 9.59 Å². The topological polar surface area (TPSA) is 96.9 Å². The molecule has 3 rings (SSSR count). The molecule has 162 valence electrons. The molecule has 0 atom stereocenters. The zero-order valence-electron chi connectivity index (χ0n) is 16.5. The Kier molecular flexibility index (Phi) is 8.13. The predicted molar refractivity (Wildman–Crippen MR) is 125 cm³/mol. The second-order valence-corrected chi connectivity index (χ2v) is 7.80. The van der Waals surface area contributed by atoms with Crippen molar-refractivity contribution in [2.45, 2.75) is 0 Å². The lowest BCUT2D eigenvalue weighted by atomic mass is 10.2. The summed E-state index contributed by atoms with van der Waals surface area (Å²) in [5.41, 5.74) is 3.79. The summed E-state index contributed by atoms with van der Waals surface area (Å²) in [6.07, 6.45) is 1.43.